The molecular formula is C14H20ClN3O3. The van der Waals surface area contributed by atoms with E-state index in [1.54, 1.807) is 19.1 Å². The Morgan fingerprint density at radius 2 is 2.05 bits per heavy atom. The van der Waals surface area contributed by atoms with E-state index in [0.717, 1.165) is 0 Å². The number of hydrogen-bond donors (Lipinski definition) is 2. The lowest BCUT2D eigenvalue weighted by molar-refractivity contribution is -0.385. The minimum Gasteiger partial charge on any atom is -0.350 e. The molecule has 0 heterocycles. The van der Waals surface area contributed by atoms with Crippen LogP contribution in [0.4, 0.5) is 5.69 Å². The number of nitro groups is 1. The fourth-order valence-electron chi connectivity index (χ4n) is 1.69. The number of benzene rings is 1. The average Bonchev–Trinajstić information content (AvgIpc) is 2.34. The molecular weight excluding hydrogens is 294 g/mol. The number of nitrogens with one attached hydrogen (secondary N) is 2. The van der Waals surface area contributed by atoms with Gasteiger partial charge in [-0.05, 0) is 39.8 Å². The van der Waals surface area contributed by atoms with Crippen molar-refractivity contribution >= 4 is 23.2 Å². The van der Waals surface area contributed by atoms with Crippen LogP contribution in [0.5, 0.6) is 0 Å². The van der Waals surface area contributed by atoms with Gasteiger partial charge in [0, 0.05) is 28.7 Å². The summed E-state index contributed by atoms with van der Waals surface area (Å²) in [7, 11) is 0. The summed E-state index contributed by atoms with van der Waals surface area (Å²) < 4.78 is 0. The maximum atomic E-state index is 11.9. The maximum absolute atomic E-state index is 11.9. The number of nitro benzene ring substituents is 1. The van der Waals surface area contributed by atoms with E-state index in [2.05, 4.69) is 10.6 Å². The zero-order valence-corrected chi connectivity index (χ0v) is 13.3. The van der Waals surface area contributed by atoms with E-state index >= 15 is 0 Å². The number of carbonyl (C=O) groups is 1. The third kappa shape index (κ3) is 5.69. The lowest BCUT2D eigenvalue weighted by Gasteiger charge is -2.23. The zero-order valence-electron chi connectivity index (χ0n) is 12.6. The second-order valence-electron chi connectivity index (χ2n) is 5.87. The van der Waals surface area contributed by atoms with Gasteiger partial charge < -0.3 is 10.6 Å². The molecule has 1 aromatic carbocycles. The molecule has 0 aromatic heterocycles. The summed E-state index contributed by atoms with van der Waals surface area (Å²) in [6.45, 7) is 7.60. The third-order valence-corrected chi connectivity index (χ3v) is 2.97. The van der Waals surface area contributed by atoms with Gasteiger partial charge in [-0.15, -0.1) is 0 Å². The molecule has 0 fully saturated rings. The normalized spacial score (nSPS) is 12.8. The topological polar surface area (TPSA) is 84.3 Å². The van der Waals surface area contributed by atoms with Gasteiger partial charge in [0.1, 0.15) is 0 Å². The first-order valence-corrected chi connectivity index (χ1v) is 6.96. The zero-order chi connectivity index (χ0) is 16.2. The van der Waals surface area contributed by atoms with Crippen LogP contribution in [-0.2, 0) is 11.3 Å². The fourth-order valence-corrected chi connectivity index (χ4v) is 1.86. The molecule has 116 valence electrons. The van der Waals surface area contributed by atoms with Crippen LogP contribution < -0.4 is 10.6 Å². The number of amides is 1. The van der Waals surface area contributed by atoms with Gasteiger partial charge in [0.25, 0.3) is 5.69 Å². The highest BCUT2D eigenvalue weighted by atomic mass is 35.5. The van der Waals surface area contributed by atoms with Crippen molar-refractivity contribution < 1.29 is 9.72 Å². The Labute approximate surface area is 129 Å². The van der Waals surface area contributed by atoms with Crippen LogP contribution in [0.25, 0.3) is 0 Å². The van der Waals surface area contributed by atoms with Gasteiger partial charge >= 0.3 is 0 Å². The predicted molar refractivity (Wildman–Crippen MR) is 82.3 cm³/mol. The molecule has 0 spiro atoms. The molecule has 2 N–H and O–H groups in total. The van der Waals surface area contributed by atoms with Gasteiger partial charge in [-0.3, -0.25) is 14.9 Å². The first-order valence-electron chi connectivity index (χ1n) is 6.58. The molecule has 0 radical (unpaired) electrons. The monoisotopic (exact) mass is 313 g/mol. The molecule has 1 aromatic rings. The van der Waals surface area contributed by atoms with Crippen LogP contribution in [0.2, 0.25) is 5.02 Å². The van der Waals surface area contributed by atoms with Crippen molar-refractivity contribution in [3.63, 3.8) is 0 Å². The molecule has 0 aliphatic carbocycles. The number of carbonyl (C=O) groups excluding carboxylic acids is 1. The smallest absolute Gasteiger partial charge is 0.275 e. The molecule has 1 atom stereocenters. The highest BCUT2D eigenvalue weighted by Crippen LogP contribution is 2.23. The summed E-state index contributed by atoms with van der Waals surface area (Å²) in [6, 6.07) is 4.02. The van der Waals surface area contributed by atoms with Crippen molar-refractivity contribution in [2.24, 2.45) is 0 Å². The van der Waals surface area contributed by atoms with Crippen LogP contribution in [0.3, 0.4) is 0 Å². The molecule has 1 rings (SSSR count). The predicted octanol–water partition coefficient (Wildman–Crippen LogP) is 2.64. The van der Waals surface area contributed by atoms with Gasteiger partial charge in [-0.1, -0.05) is 11.6 Å². The third-order valence-electron chi connectivity index (χ3n) is 2.73. The largest absolute Gasteiger partial charge is 0.350 e. The van der Waals surface area contributed by atoms with Crippen LogP contribution >= 0.6 is 11.6 Å². The Kier molecular flexibility index (Phi) is 5.69. The first-order chi connectivity index (χ1) is 9.60. The SMILES string of the molecule is CC(NCc1ccc(Cl)cc1[N+](=O)[O-])C(=O)NC(C)(C)C. The second-order valence-corrected chi connectivity index (χ2v) is 6.31. The van der Waals surface area contributed by atoms with E-state index in [9.17, 15) is 14.9 Å². The standard InChI is InChI=1S/C14H20ClN3O3/c1-9(13(19)17-14(2,3)4)16-8-10-5-6-11(15)7-12(10)18(20)21/h5-7,9,16H,8H2,1-4H3,(H,17,19). The molecule has 0 saturated heterocycles. The molecule has 0 bridgehead atoms. The van der Waals surface area contributed by atoms with Crippen LogP contribution in [-0.4, -0.2) is 22.4 Å². The molecule has 7 heteroatoms. The summed E-state index contributed by atoms with van der Waals surface area (Å²) >= 11 is 5.76. The Balaban J connectivity index is 2.71. The number of rotatable bonds is 5. The van der Waals surface area contributed by atoms with Crippen molar-refractivity contribution in [2.75, 3.05) is 0 Å². The Morgan fingerprint density at radius 1 is 1.43 bits per heavy atom. The van der Waals surface area contributed by atoms with E-state index in [-0.39, 0.29) is 23.7 Å². The van der Waals surface area contributed by atoms with Gasteiger partial charge in [0.05, 0.1) is 11.0 Å². The summed E-state index contributed by atoms with van der Waals surface area (Å²) in [5.74, 6) is -0.154. The first kappa shape index (κ1) is 17.4. The molecule has 0 aliphatic rings. The van der Waals surface area contributed by atoms with E-state index in [1.165, 1.54) is 6.07 Å². The highest BCUT2D eigenvalue weighted by Gasteiger charge is 2.20. The Hall–Kier alpha value is -1.66. The van der Waals surface area contributed by atoms with Crippen LogP contribution in [0.15, 0.2) is 18.2 Å². The summed E-state index contributed by atoms with van der Waals surface area (Å²) in [6.07, 6.45) is 0. The van der Waals surface area contributed by atoms with Crippen molar-refractivity contribution in [3.05, 3.63) is 38.9 Å². The second kappa shape index (κ2) is 6.87. The van der Waals surface area contributed by atoms with Gasteiger partial charge in [0.2, 0.25) is 5.91 Å². The van der Waals surface area contributed by atoms with E-state index in [4.69, 9.17) is 11.6 Å². The lowest BCUT2D eigenvalue weighted by Crippen LogP contribution is -2.49. The van der Waals surface area contributed by atoms with E-state index in [0.29, 0.717) is 10.6 Å². The molecule has 0 saturated carbocycles. The van der Waals surface area contributed by atoms with Crippen LogP contribution in [0.1, 0.15) is 33.3 Å². The summed E-state index contributed by atoms with van der Waals surface area (Å²) in [5, 5.41) is 17.1. The molecule has 0 aliphatic heterocycles. The highest BCUT2D eigenvalue weighted by molar-refractivity contribution is 6.30. The summed E-state index contributed by atoms with van der Waals surface area (Å²) in [5.41, 5.74) is 0.109. The molecule has 21 heavy (non-hydrogen) atoms. The van der Waals surface area contributed by atoms with Gasteiger partial charge in [0.15, 0.2) is 0 Å². The average molecular weight is 314 g/mol. The van der Waals surface area contributed by atoms with Crippen molar-refractivity contribution in [3.8, 4) is 0 Å². The number of hydrogen-bond acceptors (Lipinski definition) is 4. The van der Waals surface area contributed by atoms with Gasteiger partial charge in [-0.2, -0.15) is 0 Å². The van der Waals surface area contributed by atoms with Crippen LogP contribution in [0, 0.1) is 10.1 Å². The minimum absolute atomic E-state index is 0.0570. The van der Waals surface area contributed by atoms with Crippen molar-refractivity contribution in [1.82, 2.24) is 10.6 Å². The minimum atomic E-state index is -0.483. The Morgan fingerprint density at radius 3 is 2.57 bits per heavy atom. The quantitative estimate of drug-likeness (QED) is 0.646. The summed E-state index contributed by atoms with van der Waals surface area (Å²) in [4.78, 5) is 22.4. The fraction of sp³-hybridized carbons (Fsp3) is 0.500. The van der Waals surface area contributed by atoms with E-state index < -0.39 is 11.0 Å². The van der Waals surface area contributed by atoms with Crippen molar-refractivity contribution in [2.45, 2.75) is 45.8 Å². The number of halogens is 1. The molecule has 1 unspecified atom stereocenters. The Bertz CT molecular complexity index is 541. The van der Waals surface area contributed by atoms with Gasteiger partial charge in [-0.25, -0.2) is 0 Å². The van der Waals surface area contributed by atoms with Crippen molar-refractivity contribution in [1.29, 1.82) is 0 Å². The lowest BCUT2D eigenvalue weighted by atomic mass is 10.1. The van der Waals surface area contributed by atoms with E-state index in [1.807, 2.05) is 20.8 Å². The molecule has 6 nitrogen and oxygen atoms in total. The number of nitrogens with zero attached hydrogens (tertiary/aromatic N) is 1. The maximum Gasteiger partial charge on any atom is 0.275 e. The molecule has 1 amide bonds.